The van der Waals surface area contributed by atoms with Crippen LogP contribution in [0.3, 0.4) is 0 Å². The molecule has 2 heteroatoms. The van der Waals surface area contributed by atoms with E-state index in [-0.39, 0.29) is 5.41 Å². The van der Waals surface area contributed by atoms with Crippen LogP contribution in [0.25, 0.3) is 55.6 Å². The highest BCUT2D eigenvalue weighted by Crippen LogP contribution is 2.53. The van der Waals surface area contributed by atoms with Crippen molar-refractivity contribution >= 4 is 45.9 Å². The van der Waals surface area contributed by atoms with Gasteiger partial charge in [-0.1, -0.05) is 196 Å². The molecule has 278 valence electrons. The number of anilines is 3. The van der Waals surface area contributed by atoms with Gasteiger partial charge in [0.15, 0.2) is 8.07 Å². The van der Waals surface area contributed by atoms with E-state index >= 15 is 0 Å². The molecule has 0 atom stereocenters. The van der Waals surface area contributed by atoms with Crippen molar-refractivity contribution in [2.75, 3.05) is 4.90 Å². The number of nitrogens with zero attached hydrogens (tertiary/aromatic N) is 1. The van der Waals surface area contributed by atoms with Gasteiger partial charge in [0.2, 0.25) is 0 Å². The number of benzene rings is 9. The highest BCUT2D eigenvalue weighted by atomic mass is 28.3. The van der Waals surface area contributed by atoms with Crippen LogP contribution in [-0.4, -0.2) is 8.07 Å². The number of rotatable bonds is 5. The van der Waals surface area contributed by atoms with Gasteiger partial charge < -0.3 is 4.90 Å². The summed E-state index contributed by atoms with van der Waals surface area (Å²) in [6.45, 7) is 4.75. The Bertz CT molecular complexity index is 3100. The van der Waals surface area contributed by atoms with Crippen molar-refractivity contribution in [3.8, 4) is 55.6 Å². The van der Waals surface area contributed by atoms with E-state index in [0.29, 0.717) is 0 Å². The standard InChI is InChI=1S/C57H41NSi/c1-57(2)48-29-13-9-23-42(48)43-36-35-40(37-49(43)57)58(39-21-7-4-8-22-39)50-30-17-27-41(38-19-5-3-6-20-38)55(50)47-28-18-34-54-56(47)46-26-12-16-33-53(46)59(54)51-31-14-10-24-44(51)45-25-11-15-32-52(45)59/h3-37H,1-2H3. The van der Waals surface area contributed by atoms with Crippen molar-refractivity contribution in [1.82, 2.24) is 0 Å². The lowest BCUT2D eigenvalue weighted by Crippen LogP contribution is -2.70. The van der Waals surface area contributed by atoms with E-state index in [1.165, 1.54) is 87.5 Å². The van der Waals surface area contributed by atoms with Crippen LogP contribution in [0.5, 0.6) is 0 Å². The van der Waals surface area contributed by atoms with Gasteiger partial charge in [0.1, 0.15) is 0 Å². The van der Waals surface area contributed by atoms with E-state index in [0.717, 1.165) is 17.1 Å². The zero-order chi connectivity index (χ0) is 39.3. The molecule has 0 amide bonds. The maximum atomic E-state index is 2.51. The Labute approximate surface area is 347 Å². The molecule has 0 bridgehead atoms. The molecule has 0 saturated carbocycles. The Kier molecular flexibility index (Phi) is 7.36. The molecular weight excluding hydrogens is 727 g/mol. The number of hydrogen-bond acceptors (Lipinski definition) is 1. The first-order valence-corrected chi connectivity index (χ1v) is 22.8. The first-order valence-electron chi connectivity index (χ1n) is 20.8. The minimum absolute atomic E-state index is 0.129. The summed E-state index contributed by atoms with van der Waals surface area (Å²) in [6.07, 6.45) is 0. The molecule has 59 heavy (non-hydrogen) atoms. The molecule has 12 rings (SSSR count). The zero-order valence-corrected chi connectivity index (χ0v) is 34.2. The Morgan fingerprint density at radius 2 is 0.847 bits per heavy atom. The highest BCUT2D eigenvalue weighted by Gasteiger charge is 2.54. The Hall–Kier alpha value is -7.00. The summed E-state index contributed by atoms with van der Waals surface area (Å²) < 4.78 is 0. The van der Waals surface area contributed by atoms with Crippen molar-refractivity contribution in [3.63, 3.8) is 0 Å². The SMILES string of the molecule is CC1(C)c2ccccc2-c2ccc(N(c3ccccc3)c3cccc(-c4ccccc4)c3-c3cccc4c3-c3ccccc3[Si]43c4ccccc4-c4ccccc43)cc21. The molecule has 1 aliphatic carbocycles. The average Bonchev–Trinajstić information content (AvgIpc) is 3.86. The monoisotopic (exact) mass is 767 g/mol. The van der Waals surface area contributed by atoms with Crippen molar-refractivity contribution in [2.24, 2.45) is 0 Å². The quantitative estimate of drug-likeness (QED) is 0.158. The summed E-state index contributed by atoms with van der Waals surface area (Å²) in [5, 5.41) is 5.95. The van der Waals surface area contributed by atoms with Crippen LogP contribution in [0.15, 0.2) is 212 Å². The smallest absolute Gasteiger partial charge is 0.182 e. The predicted molar refractivity (Wildman–Crippen MR) is 251 cm³/mol. The lowest BCUT2D eigenvalue weighted by atomic mass is 9.82. The first-order chi connectivity index (χ1) is 29.1. The largest absolute Gasteiger partial charge is 0.310 e. The third kappa shape index (κ3) is 4.67. The van der Waals surface area contributed by atoms with Crippen LogP contribution < -0.4 is 25.6 Å². The second kappa shape index (κ2) is 12.7. The van der Waals surface area contributed by atoms with Gasteiger partial charge in [-0.3, -0.25) is 0 Å². The van der Waals surface area contributed by atoms with E-state index in [4.69, 9.17) is 0 Å². The normalized spacial score (nSPS) is 14.2. The zero-order valence-electron chi connectivity index (χ0n) is 33.2. The van der Waals surface area contributed by atoms with Crippen LogP contribution in [0.1, 0.15) is 25.0 Å². The van der Waals surface area contributed by atoms with Gasteiger partial charge in [-0.05, 0) is 112 Å². The lowest BCUT2D eigenvalue weighted by molar-refractivity contribution is 0.660. The van der Waals surface area contributed by atoms with E-state index in [1.807, 2.05) is 0 Å². The summed E-state index contributed by atoms with van der Waals surface area (Å²) in [5.41, 5.74) is 19.1. The summed E-state index contributed by atoms with van der Waals surface area (Å²) >= 11 is 0. The van der Waals surface area contributed by atoms with Crippen molar-refractivity contribution in [2.45, 2.75) is 19.3 Å². The molecular formula is C57H41NSi. The molecule has 2 aliphatic heterocycles. The van der Waals surface area contributed by atoms with E-state index in [1.54, 1.807) is 0 Å². The highest BCUT2D eigenvalue weighted by molar-refractivity contribution is 7.24. The molecule has 0 N–H and O–H groups in total. The third-order valence-electron chi connectivity index (χ3n) is 13.5. The van der Waals surface area contributed by atoms with Crippen LogP contribution in [-0.2, 0) is 5.41 Å². The molecule has 0 saturated heterocycles. The molecule has 3 aliphatic rings. The van der Waals surface area contributed by atoms with Gasteiger partial charge in [-0.25, -0.2) is 0 Å². The molecule has 1 nitrogen and oxygen atoms in total. The van der Waals surface area contributed by atoms with Crippen LogP contribution in [0.4, 0.5) is 17.1 Å². The average molecular weight is 768 g/mol. The lowest BCUT2D eigenvalue weighted by Gasteiger charge is -2.31. The predicted octanol–water partition coefficient (Wildman–Crippen LogP) is 12.1. The van der Waals surface area contributed by atoms with Crippen molar-refractivity contribution < 1.29 is 0 Å². The summed E-state index contributed by atoms with van der Waals surface area (Å²) in [6, 6.07) is 79.9. The third-order valence-corrected chi connectivity index (χ3v) is 18.5. The van der Waals surface area contributed by atoms with Crippen LogP contribution in [0.2, 0.25) is 0 Å². The summed E-state index contributed by atoms with van der Waals surface area (Å²) in [5.74, 6) is 0. The van der Waals surface area contributed by atoms with Crippen LogP contribution in [0, 0.1) is 0 Å². The molecule has 0 radical (unpaired) electrons. The Morgan fingerprint density at radius 1 is 0.339 bits per heavy atom. The fraction of sp³-hybridized carbons (Fsp3) is 0.0526. The minimum Gasteiger partial charge on any atom is -0.310 e. The molecule has 9 aromatic rings. The van der Waals surface area contributed by atoms with Crippen molar-refractivity contribution in [3.05, 3.63) is 223 Å². The Morgan fingerprint density at radius 3 is 1.56 bits per heavy atom. The van der Waals surface area contributed by atoms with Gasteiger partial charge in [0.25, 0.3) is 0 Å². The molecule has 2 heterocycles. The Balaban J connectivity index is 1.17. The number of fused-ring (bicyclic) bond motifs is 13. The maximum absolute atomic E-state index is 2.66. The van der Waals surface area contributed by atoms with Gasteiger partial charge in [-0.15, -0.1) is 0 Å². The second-order valence-corrected chi connectivity index (χ2v) is 20.4. The number of hydrogen-bond donors (Lipinski definition) is 0. The second-order valence-electron chi connectivity index (χ2n) is 16.8. The van der Waals surface area contributed by atoms with Crippen molar-refractivity contribution in [1.29, 1.82) is 0 Å². The van der Waals surface area contributed by atoms with E-state index in [2.05, 4.69) is 231 Å². The van der Waals surface area contributed by atoms with Gasteiger partial charge in [0.05, 0.1) is 5.69 Å². The molecule has 0 unspecified atom stereocenters. The fourth-order valence-electron chi connectivity index (χ4n) is 11.1. The van der Waals surface area contributed by atoms with Gasteiger partial charge in [-0.2, -0.15) is 0 Å². The summed E-state index contributed by atoms with van der Waals surface area (Å²) in [4.78, 5) is 2.51. The van der Waals surface area contributed by atoms with E-state index < -0.39 is 8.07 Å². The van der Waals surface area contributed by atoms with Gasteiger partial charge in [0, 0.05) is 22.4 Å². The van der Waals surface area contributed by atoms with Gasteiger partial charge >= 0.3 is 0 Å². The minimum atomic E-state index is -2.66. The molecule has 9 aromatic carbocycles. The topological polar surface area (TPSA) is 3.24 Å². The first kappa shape index (κ1) is 34.1. The number of para-hydroxylation sites is 1. The maximum Gasteiger partial charge on any atom is 0.182 e. The molecule has 0 aromatic heterocycles. The molecule has 1 spiro atoms. The fourth-order valence-corrected chi connectivity index (χ4v) is 16.7. The van der Waals surface area contributed by atoms with E-state index in [9.17, 15) is 0 Å². The summed E-state index contributed by atoms with van der Waals surface area (Å²) in [7, 11) is -2.66. The van der Waals surface area contributed by atoms with Crippen LogP contribution >= 0.6 is 0 Å². The molecule has 0 fully saturated rings.